The fourth-order valence-corrected chi connectivity index (χ4v) is 6.45. The molecule has 5 nitrogen and oxygen atoms in total. The second-order valence-corrected chi connectivity index (χ2v) is 12.1. The van der Waals surface area contributed by atoms with Crippen LogP contribution in [-0.4, -0.2) is 39.7 Å². The molecule has 0 unspecified atom stereocenters. The van der Waals surface area contributed by atoms with Crippen molar-refractivity contribution in [3.05, 3.63) is 53.3 Å². The Bertz CT molecular complexity index is 1100. The number of likely N-dealkylation sites (tertiary alicyclic amines) is 1. The molecule has 1 aliphatic carbocycles. The molecule has 8 heteroatoms. The van der Waals surface area contributed by atoms with Gasteiger partial charge in [-0.25, -0.2) is 0 Å². The molecule has 0 radical (unpaired) electrons. The van der Waals surface area contributed by atoms with Crippen LogP contribution in [0.2, 0.25) is 0 Å². The molecule has 2 aromatic rings. The SMILES string of the molecule is CC(C)(C)n1ccc([C@@H]2C[C@@H](C(=O)N3CCC4(CCCCC4)C3)N[C@H]2c2cccc(C(F)(F)F)c2)n1. The first-order valence-corrected chi connectivity index (χ1v) is 13.2. The van der Waals surface area contributed by atoms with E-state index < -0.39 is 23.8 Å². The third-order valence-corrected chi connectivity index (χ3v) is 8.49. The zero-order valence-electron chi connectivity index (χ0n) is 21.4. The molecule has 1 N–H and O–H groups in total. The molecule has 1 saturated carbocycles. The Kier molecular flexibility index (Phi) is 6.46. The number of rotatable bonds is 3. The summed E-state index contributed by atoms with van der Waals surface area (Å²) < 4.78 is 42.4. The number of hydrogen-bond donors (Lipinski definition) is 1. The van der Waals surface area contributed by atoms with Gasteiger partial charge in [0, 0.05) is 31.2 Å². The predicted octanol–water partition coefficient (Wildman–Crippen LogP) is 6.03. The lowest BCUT2D eigenvalue weighted by Crippen LogP contribution is -2.44. The number of amides is 1. The first-order chi connectivity index (χ1) is 17.0. The van der Waals surface area contributed by atoms with Crippen LogP contribution in [0.1, 0.15) is 94.5 Å². The highest BCUT2D eigenvalue weighted by Gasteiger charge is 2.46. The Morgan fingerprint density at radius 2 is 1.83 bits per heavy atom. The molecule has 196 valence electrons. The van der Waals surface area contributed by atoms with Crippen molar-refractivity contribution in [2.75, 3.05) is 13.1 Å². The largest absolute Gasteiger partial charge is 0.416 e. The van der Waals surface area contributed by atoms with Crippen molar-refractivity contribution in [1.82, 2.24) is 20.0 Å². The number of hydrogen-bond acceptors (Lipinski definition) is 3. The summed E-state index contributed by atoms with van der Waals surface area (Å²) >= 11 is 0. The number of carbonyl (C=O) groups excluding carboxylic acids is 1. The fraction of sp³-hybridized carbons (Fsp3) is 0.643. The van der Waals surface area contributed by atoms with Crippen LogP contribution in [0.4, 0.5) is 13.2 Å². The first-order valence-electron chi connectivity index (χ1n) is 13.2. The maximum Gasteiger partial charge on any atom is 0.416 e. The van der Waals surface area contributed by atoms with Crippen molar-refractivity contribution in [1.29, 1.82) is 0 Å². The van der Waals surface area contributed by atoms with E-state index in [4.69, 9.17) is 5.10 Å². The van der Waals surface area contributed by atoms with E-state index in [0.717, 1.165) is 31.3 Å². The number of nitrogens with one attached hydrogen (secondary N) is 1. The van der Waals surface area contributed by atoms with Crippen LogP contribution in [0.5, 0.6) is 0 Å². The van der Waals surface area contributed by atoms with Gasteiger partial charge in [-0.05, 0) is 75.6 Å². The molecule has 3 atom stereocenters. The molecule has 2 saturated heterocycles. The van der Waals surface area contributed by atoms with Crippen LogP contribution in [0, 0.1) is 5.41 Å². The maximum atomic E-state index is 13.7. The van der Waals surface area contributed by atoms with Crippen LogP contribution in [0.15, 0.2) is 36.5 Å². The summed E-state index contributed by atoms with van der Waals surface area (Å²) in [6.07, 6.45) is 5.20. The monoisotopic (exact) mass is 502 g/mol. The van der Waals surface area contributed by atoms with E-state index >= 15 is 0 Å². The summed E-state index contributed by atoms with van der Waals surface area (Å²) in [5, 5.41) is 8.24. The quantitative estimate of drug-likeness (QED) is 0.558. The third kappa shape index (κ3) is 4.93. The highest BCUT2D eigenvalue weighted by molar-refractivity contribution is 5.83. The minimum Gasteiger partial charge on any atom is -0.341 e. The van der Waals surface area contributed by atoms with Gasteiger partial charge in [-0.3, -0.25) is 14.8 Å². The number of nitrogens with zero attached hydrogens (tertiary/aromatic N) is 3. The topological polar surface area (TPSA) is 50.2 Å². The van der Waals surface area contributed by atoms with E-state index in [1.54, 1.807) is 6.07 Å². The summed E-state index contributed by atoms with van der Waals surface area (Å²) in [6, 6.07) is 6.57. The zero-order chi connectivity index (χ0) is 25.7. The lowest BCUT2D eigenvalue weighted by molar-refractivity contribution is -0.137. The number of carbonyl (C=O) groups is 1. The minimum absolute atomic E-state index is 0.0761. The van der Waals surface area contributed by atoms with Crippen molar-refractivity contribution in [3.63, 3.8) is 0 Å². The van der Waals surface area contributed by atoms with Crippen molar-refractivity contribution >= 4 is 5.91 Å². The second kappa shape index (κ2) is 9.19. The van der Waals surface area contributed by atoms with Gasteiger partial charge in [0.1, 0.15) is 0 Å². The van der Waals surface area contributed by atoms with Gasteiger partial charge in [-0.1, -0.05) is 31.4 Å². The molecular formula is C28H37F3N4O. The first kappa shape index (κ1) is 25.3. The molecule has 2 aliphatic heterocycles. The number of alkyl halides is 3. The van der Waals surface area contributed by atoms with Gasteiger partial charge in [0.25, 0.3) is 0 Å². The normalized spacial score (nSPS) is 26.6. The summed E-state index contributed by atoms with van der Waals surface area (Å²) in [5.41, 5.74) is 0.725. The van der Waals surface area contributed by atoms with Crippen LogP contribution in [-0.2, 0) is 16.5 Å². The molecule has 3 heterocycles. The van der Waals surface area contributed by atoms with E-state index in [0.29, 0.717) is 12.0 Å². The fourth-order valence-electron chi connectivity index (χ4n) is 6.45. The highest BCUT2D eigenvalue weighted by Crippen LogP contribution is 2.46. The van der Waals surface area contributed by atoms with Gasteiger partial charge >= 0.3 is 6.18 Å². The molecule has 1 aromatic heterocycles. The van der Waals surface area contributed by atoms with Gasteiger partial charge in [0.2, 0.25) is 5.91 Å². The van der Waals surface area contributed by atoms with Crippen molar-refractivity contribution in [3.8, 4) is 0 Å². The molecule has 1 spiro atoms. The molecule has 1 aromatic carbocycles. The number of benzene rings is 1. The van der Waals surface area contributed by atoms with Crippen LogP contribution < -0.4 is 5.32 Å². The Balaban J connectivity index is 1.42. The van der Waals surface area contributed by atoms with Gasteiger partial charge in [0.15, 0.2) is 0 Å². The minimum atomic E-state index is -4.42. The van der Waals surface area contributed by atoms with E-state index in [-0.39, 0.29) is 22.8 Å². The van der Waals surface area contributed by atoms with Gasteiger partial charge < -0.3 is 4.90 Å². The Hall–Kier alpha value is -2.35. The Labute approximate surface area is 211 Å². The second-order valence-electron chi connectivity index (χ2n) is 12.1. The van der Waals surface area contributed by atoms with E-state index in [2.05, 4.69) is 26.1 Å². The number of aromatic nitrogens is 2. The maximum absolute atomic E-state index is 13.7. The average molecular weight is 503 g/mol. The molecule has 3 fully saturated rings. The molecule has 5 rings (SSSR count). The van der Waals surface area contributed by atoms with Gasteiger partial charge in [-0.15, -0.1) is 0 Å². The Morgan fingerprint density at radius 1 is 1.08 bits per heavy atom. The summed E-state index contributed by atoms with van der Waals surface area (Å²) in [6.45, 7) is 7.75. The summed E-state index contributed by atoms with van der Waals surface area (Å²) in [5.74, 6) is -0.121. The van der Waals surface area contributed by atoms with Crippen LogP contribution >= 0.6 is 0 Å². The van der Waals surface area contributed by atoms with Crippen molar-refractivity contribution in [2.45, 2.75) is 95.4 Å². The van der Waals surface area contributed by atoms with Gasteiger partial charge in [-0.2, -0.15) is 18.3 Å². The van der Waals surface area contributed by atoms with E-state index in [1.807, 2.05) is 21.8 Å². The van der Waals surface area contributed by atoms with E-state index in [9.17, 15) is 18.0 Å². The van der Waals surface area contributed by atoms with Crippen LogP contribution in [0.25, 0.3) is 0 Å². The molecule has 0 bridgehead atoms. The standard InChI is InChI=1S/C28H37F3N4O/c1-26(2,3)35-14-10-22(33-35)21-17-23(25(36)34-15-13-27(18-34)11-5-4-6-12-27)32-24(21)19-8-7-9-20(16-19)28(29,30)31/h7-10,14,16,21,23-24,32H,4-6,11-13,15,17-18H2,1-3H3/t21-,23-,24-/m0/s1. The lowest BCUT2D eigenvalue weighted by Gasteiger charge is -2.33. The molecule has 1 amide bonds. The van der Waals surface area contributed by atoms with Crippen molar-refractivity contribution in [2.24, 2.45) is 5.41 Å². The van der Waals surface area contributed by atoms with Gasteiger partial charge in [0.05, 0.1) is 22.8 Å². The van der Waals surface area contributed by atoms with Crippen molar-refractivity contribution < 1.29 is 18.0 Å². The highest BCUT2D eigenvalue weighted by atomic mass is 19.4. The third-order valence-electron chi connectivity index (χ3n) is 8.49. The smallest absolute Gasteiger partial charge is 0.341 e. The molecular weight excluding hydrogens is 465 g/mol. The zero-order valence-corrected chi connectivity index (χ0v) is 21.4. The summed E-state index contributed by atoms with van der Waals surface area (Å²) in [7, 11) is 0. The summed E-state index contributed by atoms with van der Waals surface area (Å²) in [4.78, 5) is 15.7. The molecule has 36 heavy (non-hydrogen) atoms. The molecule has 3 aliphatic rings. The number of halogens is 3. The lowest BCUT2D eigenvalue weighted by atomic mass is 9.73. The van der Waals surface area contributed by atoms with E-state index in [1.165, 1.54) is 44.2 Å². The average Bonchev–Trinajstić information content (AvgIpc) is 3.57. The van der Waals surface area contributed by atoms with Crippen LogP contribution in [0.3, 0.4) is 0 Å². The predicted molar refractivity (Wildman–Crippen MR) is 132 cm³/mol. The Morgan fingerprint density at radius 3 is 2.50 bits per heavy atom.